The first-order valence-electron chi connectivity index (χ1n) is 28.7. The molecule has 0 saturated carbocycles. The fourth-order valence-electron chi connectivity index (χ4n) is 8.77. The van der Waals surface area contributed by atoms with Crippen LogP contribution in [0, 0.1) is 0 Å². The first-order chi connectivity index (χ1) is 32.0. The number of carbonyl (C=O) groups is 2. The molecule has 0 heterocycles. The smallest absolute Gasteiger partial charge is 0.305 e. The summed E-state index contributed by atoms with van der Waals surface area (Å²) >= 11 is 0. The van der Waals surface area contributed by atoms with Gasteiger partial charge in [-0.3, -0.25) is 9.59 Å². The maximum absolute atomic E-state index is 12.5. The second-order valence-corrected chi connectivity index (χ2v) is 19.6. The van der Waals surface area contributed by atoms with Crippen molar-refractivity contribution < 1.29 is 24.5 Å². The van der Waals surface area contributed by atoms with Gasteiger partial charge in [-0.25, -0.2) is 0 Å². The van der Waals surface area contributed by atoms with Gasteiger partial charge in [-0.1, -0.05) is 256 Å². The third-order valence-corrected chi connectivity index (χ3v) is 13.2. The second kappa shape index (κ2) is 54.7. The molecule has 0 fully saturated rings. The molecule has 65 heavy (non-hydrogen) atoms. The lowest BCUT2D eigenvalue weighted by Crippen LogP contribution is -2.45. The molecule has 6 heteroatoms. The van der Waals surface area contributed by atoms with E-state index >= 15 is 0 Å². The van der Waals surface area contributed by atoms with E-state index in [1.807, 2.05) is 0 Å². The van der Waals surface area contributed by atoms with Gasteiger partial charge in [0.2, 0.25) is 5.91 Å². The first kappa shape index (κ1) is 63.1. The van der Waals surface area contributed by atoms with Crippen LogP contribution >= 0.6 is 0 Å². The number of nitrogens with one attached hydrogen (secondary N) is 1. The van der Waals surface area contributed by atoms with Gasteiger partial charge in [-0.05, 0) is 70.6 Å². The maximum atomic E-state index is 12.5. The van der Waals surface area contributed by atoms with Gasteiger partial charge in [0.1, 0.15) is 0 Å². The largest absolute Gasteiger partial charge is 0.465 e. The molecule has 0 saturated heterocycles. The molecule has 0 aliphatic heterocycles. The topological polar surface area (TPSA) is 95.9 Å². The molecule has 0 radical (unpaired) electrons. The zero-order valence-electron chi connectivity index (χ0n) is 43.5. The lowest BCUT2D eigenvalue weighted by Gasteiger charge is -2.22. The molecule has 0 aromatic heterocycles. The fraction of sp³-hybridized carbons (Fsp3) is 0.864. The minimum absolute atomic E-state index is 0.0398. The van der Waals surface area contributed by atoms with Crippen LogP contribution in [0.1, 0.15) is 303 Å². The number of allylic oxidation sites excluding steroid dienone is 5. The number of amides is 1. The summed E-state index contributed by atoms with van der Waals surface area (Å²) in [5.41, 5.74) is 0. The van der Waals surface area contributed by atoms with Crippen LogP contribution in [0.5, 0.6) is 0 Å². The Morgan fingerprint density at radius 1 is 0.431 bits per heavy atom. The summed E-state index contributed by atoms with van der Waals surface area (Å²) in [6.45, 7) is 4.83. The van der Waals surface area contributed by atoms with Crippen LogP contribution in [0.25, 0.3) is 0 Å². The molecule has 0 aromatic carbocycles. The molecule has 0 spiro atoms. The number of carbonyl (C=O) groups excluding carboxylic acids is 2. The van der Waals surface area contributed by atoms with Crippen LogP contribution in [0.2, 0.25) is 0 Å². The number of aliphatic hydroxyl groups is 2. The highest BCUT2D eigenvalue weighted by Crippen LogP contribution is 2.17. The van der Waals surface area contributed by atoms with E-state index in [0.717, 1.165) is 51.4 Å². The van der Waals surface area contributed by atoms with E-state index in [1.54, 1.807) is 0 Å². The molecule has 0 rings (SSSR count). The number of esters is 1. The van der Waals surface area contributed by atoms with Gasteiger partial charge in [0.15, 0.2) is 0 Å². The lowest BCUT2D eigenvalue weighted by atomic mass is 10.0. The highest BCUT2D eigenvalue weighted by Gasteiger charge is 2.20. The van der Waals surface area contributed by atoms with Crippen LogP contribution in [-0.4, -0.2) is 47.4 Å². The molecule has 382 valence electrons. The summed E-state index contributed by atoms with van der Waals surface area (Å²) in [4.78, 5) is 24.5. The van der Waals surface area contributed by atoms with Gasteiger partial charge in [-0.15, -0.1) is 0 Å². The van der Waals surface area contributed by atoms with Gasteiger partial charge in [0.25, 0.3) is 0 Å². The van der Waals surface area contributed by atoms with Crippen molar-refractivity contribution in [1.29, 1.82) is 0 Å². The molecule has 2 atom stereocenters. The number of unbranched alkanes of at least 4 members (excludes halogenated alkanes) is 36. The van der Waals surface area contributed by atoms with Gasteiger partial charge in [0.05, 0.1) is 25.4 Å². The molecule has 0 bridgehead atoms. The van der Waals surface area contributed by atoms with Gasteiger partial charge in [-0.2, -0.15) is 0 Å². The maximum Gasteiger partial charge on any atom is 0.305 e. The van der Waals surface area contributed by atoms with Gasteiger partial charge >= 0.3 is 5.97 Å². The Labute approximate surface area is 404 Å². The average Bonchev–Trinajstić information content (AvgIpc) is 3.31. The quantitative estimate of drug-likeness (QED) is 0.0321. The van der Waals surface area contributed by atoms with E-state index in [1.165, 1.54) is 218 Å². The van der Waals surface area contributed by atoms with Crippen molar-refractivity contribution >= 4 is 11.9 Å². The predicted octanol–water partition coefficient (Wildman–Crippen LogP) is 17.6. The van der Waals surface area contributed by atoms with Crippen LogP contribution < -0.4 is 5.32 Å². The Morgan fingerprint density at radius 3 is 1.18 bits per heavy atom. The van der Waals surface area contributed by atoms with Gasteiger partial charge in [0, 0.05) is 12.8 Å². The van der Waals surface area contributed by atoms with E-state index < -0.39 is 12.1 Å². The van der Waals surface area contributed by atoms with E-state index in [0.29, 0.717) is 25.9 Å². The summed E-state index contributed by atoms with van der Waals surface area (Å²) in [6.07, 6.45) is 67.2. The first-order valence-corrected chi connectivity index (χ1v) is 28.7. The minimum atomic E-state index is -0.667. The molecule has 2 unspecified atom stereocenters. The summed E-state index contributed by atoms with van der Waals surface area (Å²) in [5, 5.41) is 23.2. The summed E-state index contributed by atoms with van der Waals surface area (Å²) in [7, 11) is 0. The zero-order valence-corrected chi connectivity index (χ0v) is 43.5. The number of hydrogen-bond acceptors (Lipinski definition) is 5. The van der Waals surface area contributed by atoms with E-state index in [2.05, 4.69) is 55.6 Å². The van der Waals surface area contributed by atoms with Crippen LogP contribution in [-0.2, 0) is 14.3 Å². The Morgan fingerprint density at radius 2 is 0.769 bits per heavy atom. The number of ether oxygens (including phenoxy) is 1. The molecule has 6 nitrogen and oxygen atoms in total. The highest BCUT2D eigenvalue weighted by atomic mass is 16.5. The second-order valence-electron chi connectivity index (χ2n) is 19.6. The van der Waals surface area contributed by atoms with Crippen molar-refractivity contribution in [2.24, 2.45) is 0 Å². The van der Waals surface area contributed by atoms with Crippen LogP contribution in [0.4, 0.5) is 0 Å². The van der Waals surface area contributed by atoms with Crippen LogP contribution in [0.3, 0.4) is 0 Å². The third-order valence-electron chi connectivity index (χ3n) is 13.2. The predicted molar refractivity (Wildman–Crippen MR) is 283 cm³/mol. The SMILES string of the molecule is CCCCCCC/C=C\CCCCCCCC(=O)OCC/C=C\C/C=C\CCCCCCCCCCCCCCCCC(=O)NC(CO)C(O)CCCCCCCCCCCCCCC. The van der Waals surface area contributed by atoms with Crippen LogP contribution in [0.15, 0.2) is 36.5 Å². The zero-order chi connectivity index (χ0) is 47.2. The standard InChI is InChI=1S/C59H111NO5/c1-3-5-7-9-11-13-15-17-29-33-37-41-45-49-53-59(64)65-54-50-46-42-38-34-30-26-24-22-20-18-19-21-23-25-28-32-36-40-44-48-52-58(63)60-56(55-61)57(62)51-47-43-39-35-31-27-16-14-12-10-8-6-4-2/h15,17,30,34,42,46,56-57,61-62H,3-14,16,18-29,31-33,35-41,43-45,47-55H2,1-2H3,(H,60,63)/b17-15-,34-30-,46-42-. The summed E-state index contributed by atoms with van der Waals surface area (Å²) in [5.74, 6) is -0.0838. The highest BCUT2D eigenvalue weighted by molar-refractivity contribution is 5.76. The van der Waals surface area contributed by atoms with E-state index in [4.69, 9.17) is 4.74 Å². The normalized spacial score (nSPS) is 12.9. The Balaban J connectivity index is 3.45. The Bertz CT molecular complexity index is 1060. The molecular weight excluding hydrogens is 803 g/mol. The molecule has 0 aliphatic carbocycles. The van der Waals surface area contributed by atoms with E-state index in [9.17, 15) is 19.8 Å². The Hall–Kier alpha value is -1.92. The third kappa shape index (κ3) is 51.3. The van der Waals surface area contributed by atoms with Crippen molar-refractivity contribution in [2.75, 3.05) is 13.2 Å². The van der Waals surface area contributed by atoms with E-state index in [-0.39, 0.29) is 18.5 Å². The minimum Gasteiger partial charge on any atom is -0.465 e. The monoisotopic (exact) mass is 914 g/mol. The molecule has 0 aliphatic rings. The average molecular weight is 915 g/mol. The van der Waals surface area contributed by atoms with Crippen molar-refractivity contribution in [3.63, 3.8) is 0 Å². The summed E-state index contributed by atoms with van der Waals surface area (Å²) in [6, 6.07) is -0.545. The fourth-order valence-corrected chi connectivity index (χ4v) is 8.77. The number of hydrogen-bond donors (Lipinski definition) is 3. The molecule has 1 amide bonds. The van der Waals surface area contributed by atoms with Crippen molar-refractivity contribution in [3.05, 3.63) is 36.5 Å². The van der Waals surface area contributed by atoms with Crippen molar-refractivity contribution in [1.82, 2.24) is 5.32 Å². The summed E-state index contributed by atoms with van der Waals surface area (Å²) < 4.78 is 5.41. The number of aliphatic hydroxyl groups excluding tert-OH is 2. The molecular formula is C59H111NO5. The molecule has 3 N–H and O–H groups in total. The lowest BCUT2D eigenvalue weighted by molar-refractivity contribution is -0.143. The number of rotatable bonds is 53. The van der Waals surface area contributed by atoms with Crippen molar-refractivity contribution in [2.45, 2.75) is 315 Å². The molecule has 0 aromatic rings. The Kier molecular flexibility index (Phi) is 53.1. The van der Waals surface area contributed by atoms with Gasteiger partial charge < -0.3 is 20.3 Å². The van der Waals surface area contributed by atoms with Crippen molar-refractivity contribution in [3.8, 4) is 0 Å².